The highest BCUT2D eigenvalue weighted by atomic mass is 16.4. The standard InChI is InChI=1S/C11H23N3O/c1-7-4-5-10(6-8(7)2)13-9(3)11(12)14-15/h7-10,13,15H,4-6H2,1-3H3,(H2,12,14). The Bertz CT molecular complexity index is 230. The van der Waals surface area contributed by atoms with Gasteiger partial charge in [0.15, 0.2) is 5.84 Å². The molecule has 1 aliphatic carbocycles. The van der Waals surface area contributed by atoms with Crippen LogP contribution in [0.2, 0.25) is 0 Å². The van der Waals surface area contributed by atoms with Gasteiger partial charge in [0.05, 0.1) is 6.04 Å². The molecule has 4 unspecified atom stereocenters. The second-order valence-electron chi connectivity index (χ2n) is 4.88. The lowest BCUT2D eigenvalue weighted by atomic mass is 9.79. The molecule has 0 aromatic rings. The van der Waals surface area contributed by atoms with Gasteiger partial charge in [-0.15, -0.1) is 0 Å². The number of oxime groups is 1. The second-order valence-corrected chi connectivity index (χ2v) is 4.88. The van der Waals surface area contributed by atoms with E-state index < -0.39 is 0 Å². The van der Waals surface area contributed by atoms with Gasteiger partial charge in [-0.3, -0.25) is 0 Å². The minimum Gasteiger partial charge on any atom is -0.409 e. The first-order valence-electron chi connectivity index (χ1n) is 5.78. The first-order chi connectivity index (χ1) is 7.04. The molecule has 1 aliphatic rings. The smallest absolute Gasteiger partial charge is 0.156 e. The fraction of sp³-hybridized carbons (Fsp3) is 0.909. The minimum atomic E-state index is -0.0411. The lowest BCUT2D eigenvalue weighted by Gasteiger charge is -2.34. The summed E-state index contributed by atoms with van der Waals surface area (Å²) in [6.45, 7) is 6.54. The summed E-state index contributed by atoms with van der Waals surface area (Å²) >= 11 is 0. The fourth-order valence-corrected chi connectivity index (χ4v) is 2.22. The van der Waals surface area contributed by atoms with Gasteiger partial charge in [-0.1, -0.05) is 19.0 Å². The van der Waals surface area contributed by atoms with Crippen LogP contribution in [0.4, 0.5) is 0 Å². The Labute approximate surface area is 91.9 Å². The number of nitrogens with two attached hydrogens (primary N) is 1. The van der Waals surface area contributed by atoms with E-state index in [9.17, 15) is 0 Å². The van der Waals surface area contributed by atoms with Gasteiger partial charge in [-0.2, -0.15) is 0 Å². The van der Waals surface area contributed by atoms with E-state index in [0.29, 0.717) is 6.04 Å². The van der Waals surface area contributed by atoms with E-state index in [4.69, 9.17) is 10.9 Å². The summed E-state index contributed by atoms with van der Waals surface area (Å²) in [6, 6.07) is 0.465. The van der Waals surface area contributed by atoms with Crippen LogP contribution in [0.1, 0.15) is 40.0 Å². The van der Waals surface area contributed by atoms with E-state index in [1.807, 2.05) is 6.92 Å². The average Bonchev–Trinajstić information content (AvgIpc) is 2.22. The highest BCUT2D eigenvalue weighted by molar-refractivity contribution is 5.84. The Kier molecular flexibility index (Phi) is 4.39. The summed E-state index contributed by atoms with van der Waals surface area (Å²) in [5, 5.41) is 15.0. The molecule has 4 nitrogen and oxygen atoms in total. The zero-order chi connectivity index (χ0) is 11.4. The molecular formula is C11H23N3O. The van der Waals surface area contributed by atoms with Crippen LogP contribution >= 0.6 is 0 Å². The lowest BCUT2D eigenvalue weighted by Crippen LogP contribution is -2.47. The summed E-state index contributed by atoms with van der Waals surface area (Å²) in [6.07, 6.45) is 3.64. The molecular weight excluding hydrogens is 190 g/mol. The van der Waals surface area contributed by atoms with E-state index in [0.717, 1.165) is 11.8 Å². The molecule has 1 saturated carbocycles. The Morgan fingerprint density at radius 1 is 1.40 bits per heavy atom. The molecule has 15 heavy (non-hydrogen) atoms. The maximum atomic E-state index is 8.55. The first kappa shape index (κ1) is 12.3. The van der Waals surface area contributed by atoms with Gasteiger partial charge >= 0.3 is 0 Å². The van der Waals surface area contributed by atoms with Crippen LogP contribution in [-0.4, -0.2) is 23.1 Å². The molecule has 0 saturated heterocycles. The van der Waals surface area contributed by atoms with Crippen molar-refractivity contribution in [2.75, 3.05) is 0 Å². The average molecular weight is 213 g/mol. The number of nitrogens with zero attached hydrogens (tertiary/aromatic N) is 1. The van der Waals surface area contributed by atoms with E-state index in [1.165, 1.54) is 19.3 Å². The number of rotatable bonds is 3. The zero-order valence-corrected chi connectivity index (χ0v) is 9.90. The topological polar surface area (TPSA) is 70.6 Å². The summed E-state index contributed by atoms with van der Waals surface area (Å²) in [7, 11) is 0. The van der Waals surface area contributed by atoms with Crippen molar-refractivity contribution in [1.29, 1.82) is 0 Å². The molecule has 1 fully saturated rings. The summed E-state index contributed by atoms with van der Waals surface area (Å²) in [4.78, 5) is 0. The van der Waals surface area contributed by atoms with Crippen LogP contribution < -0.4 is 11.1 Å². The highest BCUT2D eigenvalue weighted by Gasteiger charge is 2.25. The molecule has 0 heterocycles. The van der Waals surface area contributed by atoms with E-state index in [-0.39, 0.29) is 11.9 Å². The molecule has 0 spiro atoms. The molecule has 1 rings (SSSR count). The van der Waals surface area contributed by atoms with Gasteiger partial charge in [0, 0.05) is 6.04 Å². The molecule has 0 radical (unpaired) electrons. The van der Waals surface area contributed by atoms with Crippen molar-refractivity contribution in [3.05, 3.63) is 0 Å². The first-order valence-corrected chi connectivity index (χ1v) is 5.78. The lowest BCUT2D eigenvalue weighted by molar-refractivity contribution is 0.223. The van der Waals surface area contributed by atoms with Gasteiger partial charge in [0.1, 0.15) is 0 Å². The minimum absolute atomic E-state index is 0.0411. The predicted molar refractivity (Wildman–Crippen MR) is 62.0 cm³/mol. The van der Waals surface area contributed by atoms with Gasteiger partial charge in [0.2, 0.25) is 0 Å². The molecule has 4 atom stereocenters. The zero-order valence-electron chi connectivity index (χ0n) is 9.90. The SMILES string of the molecule is CC(NC1CCC(C)C(C)C1)C(N)=NO. The molecule has 0 bridgehead atoms. The van der Waals surface area contributed by atoms with Crippen LogP contribution in [0.15, 0.2) is 5.16 Å². The van der Waals surface area contributed by atoms with Crippen molar-refractivity contribution in [3.8, 4) is 0 Å². The highest BCUT2D eigenvalue weighted by Crippen LogP contribution is 2.29. The summed E-state index contributed by atoms with van der Waals surface area (Å²) in [5.41, 5.74) is 5.53. The van der Waals surface area contributed by atoms with Crippen molar-refractivity contribution >= 4 is 5.84 Å². The van der Waals surface area contributed by atoms with E-state index in [1.54, 1.807) is 0 Å². The number of nitrogens with one attached hydrogen (secondary N) is 1. The van der Waals surface area contributed by atoms with Crippen LogP contribution in [0.3, 0.4) is 0 Å². The van der Waals surface area contributed by atoms with Crippen LogP contribution in [0.25, 0.3) is 0 Å². The molecule has 4 N–H and O–H groups in total. The van der Waals surface area contributed by atoms with Crippen molar-refractivity contribution in [1.82, 2.24) is 5.32 Å². The number of hydrogen-bond acceptors (Lipinski definition) is 3. The predicted octanol–water partition coefficient (Wildman–Crippen LogP) is 1.54. The maximum Gasteiger partial charge on any atom is 0.156 e. The third-order valence-corrected chi connectivity index (χ3v) is 3.64. The fourth-order valence-electron chi connectivity index (χ4n) is 2.22. The normalized spacial score (nSPS) is 35.1. The maximum absolute atomic E-state index is 8.55. The van der Waals surface area contributed by atoms with E-state index in [2.05, 4.69) is 24.3 Å². The summed E-state index contributed by atoms with van der Waals surface area (Å²) < 4.78 is 0. The number of amidine groups is 1. The number of hydrogen-bond donors (Lipinski definition) is 3. The van der Waals surface area contributed by atoms with Crippen molar-refractivity contribution in [2.45, 2.75) is 52.1 Å². The van der Waals surface area contributed by atoms with Gasteiger partial charge < -0.3 is 16.3 Å². The second kappa shape index (κ2) is 5.35. The van der Waals surface area contributed by atoms with Gasteiger partial charge in [-0.25, -0.2) is 0 Å². The van der Waals surface area contributed by atoms with Gasteiger partial charge in [-0.05, 0) is 38.0 Å². The third-order valence-electron chi connectivity index (χ3n) is 3.64. The van der Waals surface area contributed by atoms with Crippen molar-refractivity contribution in [2.24, 2.45) is 22.7 Å². The van der Waals surface area contributed by atoms with E-state index >= 15 is 0 Å². The third kappa shape index (κ3) is 3.38. The molecule has 0 amide bonds. The Morgan fingerprint density at radius 2 is 2.07 bits per heavy atom. The molecule has 4 heteroatoms. The molecule has 0 aliphatic heterocycles. The van der Waals surface area contributed by atoms with Crippen LogP contribution in [-0.2, 0) is 0 Å². The largest absolute Gasteiger partial charge is 0.409 e. The monoisotopic (exact) mass is 213 g/mol. The Hall–Kier alpha value is -0.770. The quantitative estimate of drug-likeness (QED) is 0.288. The molecule has 0 aromatic carbocycles. The Morgan fingerprint density at radius 3 is 2.60 bits per heavy atom. The molecule has 88 valence electrons. The van der Waals surface area contributed by atoms with Crippen molar-refractivity contribution < 1.29 is 5.21 Å². The van der Waals surface area contributed by atoms with Crippen LogP contribution in [0, 0.1) is 11.8 Å². The van der Waals surface area contributed by atoms with Gasteiger partial charge in [0.25, 0.3) is 0 Å². The van der Waals surface area contributed by atoms with Crippen molar-refractivity contribution in [3.63, 3.8) is 0 Å². The summed E-state index contributed by atoms with van der Waals surface area (Å²) in [5.74, 6) is 1.85. The Balaban J connectivity index is 2.40. The molecule has 0 aromatic heterocycles. The van der Waals surface area contributed by atoms with Crippen LogP contribution in [0.5, 0.6) is 0 Å².